The van der Waals surface area contributed by atoms with Crippen LogP contribution in [0.1, 0.15) is 61.0 Å². The van der Waals surface area contributed by atoms with E-state index in [1.54, 1.807) is 6.07 Å². The van der Waals surface area contributed by atoms with Crippen LogP contribution in [0.2, 0.25) is 0 Å². The van der Waals surface area contributed by atoms with E-state index in [9.17, 15) is 14.3 Å². The molecule has 1 aromatic carbocycles. The van der Waals surface area contributed by atoms with E-state index < -0.39 is 17.8 Å². The number of nitrogens with zero attached hydrogens (tertiary/aromatic N) is 3. The van der Waals surface area contributed by atoms with Gasteiger partial charge < -0.3 is 19.9 Å². The fourth-order valence-corrected chi connectivity index (χ4v) is 5.41. The minimum atomic E-state index is -0.999. The number of ether oxygens (including phenoxy) is 2. The monoisotopic (exact) mass is 528 g/mol. The molecule has 1 saturated heterocycles. The summed E-state index contributed by atoms with van der Waals surface area (Å²) in [7, 11) is 3.43. The number of rotatable bonds is 12. The molecular weight excluding hydrogens is 487 g/mol. The summed E-state index contributed by atoms with van der Waals surface area (Å²) in [5, 5.41) is 13.5. The number of nitrogens with one attached hydrogen (secondary N) is 1. The first-order valence-electron chi connectivity index (χ1n) is 13.6. The highest BCUT2D eigenvalue weighted by Crippen LogP contribution is 2.37. The van der Waals surface area contributed by atoms with Crippen LogP contribution in [0.3, 0.4) is 0 Å². The SMILES string of the molecule is COc1c(F)cc(C(C)C)cc1C(C(=O)O)N1CC[C@@H](N(C)CCOCCc2ccc3c(n2)NCCC3)C1. The van der Waals surface area contributed by atoms with Crippen molar-refractivity contribution < 1.29 is 23.8 Å². The van der Waals surface area contributed by atoms with E-state index >= 15 is 0 Å². The van der Waals surface area contributed by atoms with Gasteiger partial charge in [-0.25, -0.2) is 9.37 Å². The fraction of sp³-hybridized carbons (Fsp3) is 0.586. The van der Waals surface area contributed by atoms with E-state index in [-0.39, 0.29) is 17.7 Å². The summed E-state index contributed by atoms with van der Waals surface area (Å²) in [5.74, 6) is -0.430. The molecule has 0 radical (unpaired) electrons. The van der Waals surface area contributed by atoms with E-state index in [4.69, 9.17) is 14.5 Å². The minimum Gasteiger partial charge on any atom is -0.493 e. The number of carboxylic acid groups (broad SMARTS) is 1. The van der Waals surface area contributed by atoms with E-state index in [0.29, 0.717) is 31.9 Å². The summed E-state index contributed by atoms with van der Waals surface area (Å²) >= 11 is 0. The van der Waals surface area contributed by atoms with Gasteiger partial charge in [-0.2, -0.15) is 0 Å². The van der Waals surface area contributed by atoms with Gasteiger partial charge >= 0.3 is 5.97 Å². The second kappa shape index (κ2) is 12.9. The lowest BCUT2D eigenvalue weighted by molar-refractivity contribution is -0.143. The number of fused-ring (bicyclic) bond motifs is 1. The molecule has 3 heterocycles. The highest BCUT2D eigenvalue weighted by Gasteiger charge is 2.37. The molecule has 2 aliphatic heterocycles. The zero-order chi connectivity index (χ0) is 27.2. The second-order valence-electron chi connectivity index (χ2n) is 10.6. The van der Waals surface area contributed by atoms with Gasteiger partial charge in [-0.15, -0.1) is 0 Å². The molecular formula is C29H41FN4O4. The average Bonchev–Trinajstić information content (AvgIpc) is 3.37. The van der Waals surface area contributed by atoms with Crippen molar-refractivity contribution in [3.05, 3.63) is 52.5 Å². The molecule has 9 heteroatoms. The molecule has 0 bridgehead atoms. The maximum Gasteiger partial charge on any atom is 0.325 e. The Kier molecular flexibility index (Phi) is 9.57. The molecule has 2 aromatic rings. The predicted octanol–water partition coefficient (Wildman–Crippen LogP) is 4.10. The Morgan fingerprint density at radius 2 is 2.13 bits per heavy atom. The Morgan fingerprint density at radius 3 is 2.87 bits per heavy atom. The lowest BCUT2D eigenvalue weighted by atomic mass is 9.95. The normalized spacial score (nSPS) is 18.4. The van der Waals surface area contributed by atoms with Gasteiger partial charge in [0.1, 0.15) is 11.9 Å². The number of benzene rings is 1. The van der Waals surface area contributed by atoms with Gasteiger partial charge in [-0.1, -0.05) is 19.9 Å². The maximum absolute atomic E-state index is 14.8. The maximum atomic E-state index is 14.8. The van der Waals surface area contributed by atoms with Crippen LogP contribution in [0.5, 0.6) is 5.75 Å². The smallest absolute Gasteiger partial charge is 0.325 e. The predicted molar refractivity (Wildman–Crippen MR) is 146 cm³/mol. The van der Waals surface area contributed by atoms with Gasteiger partial charge in [0, 0.05) is 49.9 Å². The highest BCUT2D eigenvalue weighted by molar-refractivity contribution is 5.77. The molecule has 208 valence electrons. The first-order chi connectivity index (χ1) is 18.3. The van der Waals surface area contributed by atoms with Crippen molar-refractivity contribution in [1.82, 2.24) is 14.8 Å². The molecule has 2 aliphatic rings. The molecule has 8 nitrogen and oxygen atoms in total. The van der Waals surface area contributed by atoms with Crippen molar-refractivity contribution in [3.63, 3.8) is 0 Å². The molecule has 2 N–H and O–H groups in total. The number of likely N-dealkylation sites (tertiary alicyclic amines) is 1. The number of aromatic nitrogens is 1. The number of anilines is 1. The van der Waals surface area contributed by atoms with E-state index in [1.165, 1.54) is 18.7 Å². The number of carboxylic acids is 1. The summed E-state index contributed by atoms with van der Waals surface area (Å²) in [5.41, 5.74) is 3.46. The molecule has 0 amide bonds. The first-order valence-corrected chi connectivity index (χ1v) is 13.6. The van der Waals surface area contributed by atoms with Crippen molar-refractivity contribution >= 4 is 11.8 Å². The van der Waals surface area contributed by atoms with Crippen molar-refractivity contribution in [1.29, 1.82) is 0 Å². The molecule has 0 aliphatic carbocycles. The zero-order valence-electron chi connectivity index (χ0n) is 23.0. The van der Waals surface area contributed by atoms with Crippen LogP contribution in [0.4, 0.5) is 10.2 Å². The van der Waals surface area contributed by atoms with Gasteiger partial charge in [0.2, 0.25) is 0 Å². The van der Waals surface area contributed by atoms with E-state index in [2.05, 4.69) is 22.3 Å². The van der Waals surface area contributed by atoms with Crippen LogP contribution in [0.15, 0.2) is 24.3 Å². The van der Waals surface area contributed by atoms with Crippen LogP contribution < -0.4 is 10.1 Å². The van der Waals surface area contributed by atoms with Gasteiger partial charge in [-0.3, -0.25) is 14.6 Å². The van der Waals surface area contributed by atoms with E-state index in [0.717, 1.165) is 55.8 Å². The molecule has 4 rings (SSSR count). The summed E-state index contributed by atoms with van der Waals surface area (Å²) in [6, 6.07) is 6.70. The quantitative estimate of drug-likeness (QED) is 0.398. The minimum absolute atomic E-state index is 0.0104. The molecule has 1 fully saturated rings. The van der Waals surface area contributed by atoms with Crippen LogP contribution >= 0.6 is 0 Å². The third kappa shape index (κ3) is 6.62. The molecule has 0 spiro atoms. The summed E-state index contributed by atoms with van der Waals surface area (Å²) < 4.78 is 26.0. The van der Waals surface area contributed by atoms with Gasteiger partial charge in [0.15, 0.2) is 11.6 Å². The van der Waals surface area contributed by atoms with Crippen molar-refractivity contribution in [2.45, 2.75) is 57.5 Å². The third-order valence-electron chi connectivity index (χ3n) is 7.72. The van der Waals surface area contributed by atoms with Crippen LogP contribution in [-0.4, -0.2) is 85.5 Å². The Morgan fingerprint density at radius 1 is 1.32 bits per heavy atom. The van der Waals surface area contributed by atoms with E-state index in [1.807, 2.05) is 25.8 Å². The second-order valence-corrected chi connectivity index (χ2v) is 10.6. The number of carbonyl (C=O) groups is 1. The number of aryl methyl sites for hydroxylation is 1. The Bertz CT molecular complexity index is 1110. The number of methoxy groups -OCH3 is 1. The standard InChI is InChI=1S/C29H41FN4O4/c1-19(2)21-16-24(27(37-4)25(30)17-21)26(29(35)36)34-12-9-23(18-34)33(3)13-15-38-14-10-22-8-7-20-6-5-11-31-28(20)32-22/h7-8,16-17,19,23,26H,5-6,9-15,18H2,1-4H3,(H,31,32)(H,35,36)/t23-,26?/m1/s1. The number of likely N-dealkylation sites (N-methyl/N-ethyl adjacent to an activating group) is 1. The molecule has 2 atom stereocenters. The summed E-state index contributed by atoms with van der Waals surface area (Å²) in [4.78, 5) is 21.3. The molecule has 1 aromatic heterocycles. The van der Waals surface area contributed by atoms with Crippen LogP contribution in [0, 0.1) is 5.82 Å². The van der Waals surface area contributed by atoms with Crippen molar-refractivity contribution in [2.24, 2.45) is 0 Å². The highest BCUT2D eigenvalue weighted by atomic mass is 19.1. The largest absolute Gasteiger partial charge is 0.493 e. The number of halogens is 1. The average molecular weight is 529 g/mol. The fourth-order valence-electron chi connectivity index (χ4n) is 5.41. The van der Waals surface area contributed by atoms with Crippen molar-refractivity contribution in [2.75, 3.05) is 58.9 Å². The number of pyridine rings is 1. The first kappa shape index (κ1) is 28.3. The van der Waals surface area contributed by atoms with Gasteiger partial charge in [-0.05, 0) is 61.6 Å². The summed E-state index contributed by atoms with van der Waals surface area (Å²) in [6.45, 7) is 8.04. The Hall–Kier alpha value is -2.75. The lowest BCUT2D eigenvalue weighted by Gasteiger charge is -2.29. The van der Waals surface area contributed by atoms with Crippen LogP contribution in [-0.2, 0) is 22.4 Å². The van der Waals surface area contributed by atoms with Crippen LogP contribution in [0.25, 0.3) is 0 Å². The topological polar surface area (TPSA) is 87.2 Å². The van der Waals surface area contributed by atoms with Gasteiger partial charge in [0.05, 0.1) is 20.3 Å². The Balaban J connectivity index is 1.29. The zero-order valence-corrected chi connectivity index (χ0v) is 23.0. The van der Waals surface area contributed by atoms with Gasteiger partial charge in [0.25, 0.3) is 0 Å². The third-order valence-corrected chi connectivity index (χ3v) is 7.72. The summed E-state index contributed by atoms with van der Waals surface area (Å²) in [6.07, 6.45) is 3.84. The number of aliphatic carboxylic acids is 1. The molecule has 0 saturated carbocycles. The molecule has 1 unspecified atom stereocenters. The van der Waals surface area contributed by atoms with Crippen molar-refractivity contribution in [3.8, 4) is 5.75 Å². The molecule has 38 heavy (non-hydrogen) atoms. The number of hydrogen-bond donors (Lipinski definition) is 2. The number of hydrogen-bond acceptors (Lipinski definition) is 7. The lowest BCUT2D eigenvalue weighted by Crippen LogP contribution is -2.39. The Labute approximate surface area is 225 Å².